The molecule has 6 rings (SSSR count). The van der Waals surface area contributed by atoms with Gasteiger partial charge in [-0.15, -0.1) is 11.3 Å². The molecule has 1 aromatic carbocycles. The van der Waals surface area contributed by atoms with Crippen molar-refractivity contribution in [3.05, 3.63) is 53.0 Å². The van der Waals surface area contributed by atoms with Gasteiger partial charge < -0.3 is 24.6 Å². The molecular formula is C34H42N4O4S. The quantitative estimate of drug-likeness (QED) is 0.340. The summed E-state index contributed by atoms with van der Waals surface area (Å²) in [7, 11) is 0. The molecule has 0 radical (unpaired) electrons. The van der Waals surface area contributed by atoms with Crippen molar-refractivity contribution in [2.45, 2.75) is 65.5 Å². The predicted octanol–water partition coefficient (Wildman–Crippen LogP) is 6.89. The topological polar surface area (TPSA) is 84.0 Å². The van der Waals surface area contributed by atoms with Gasteiger partial charge in [-0.3, -0.25) is 9.78 Å². The van der Waals surface area contributed by atoms with E-state index in [-0.39, 0.29) is 23.3 Å². The number of nitrogens with one attached hydrogen (secondary N) is 1. The van der Waals surface area contributed by atoms with Gasteiger partial charge in [0.25, 0.3) is 0 Å². The molecule has 1 aliphatic carbocycles. The number of carbonyl (C=O) groups is 2. The van der Waals surface area contributed by atoms with E-state index >= 15 is 0 Å². The van der Waals surface area contributed by atoms with E-state index in [4.69, 9.17) is 14.5 Å². The molecule has 3 aliphatic rings. The first-order chi connectivity index (χ1) is 20.5. The Morgan fingerprint density at radius 1 is 1.09 bits per heavy atom. The van der Waals surface area contributed by atoms with Crippen LogP contribution in [0.15, 0.2) is 42.6 Å². The van der Waals surface area contributed by atoms with Crippen LogP contribution in [0.5, 0.6) is 0 Å². The molecule has 4 heterocycles. The summed E-state index contributed by atoms with van der Waals surface area (Å²) in [6.45, 7) is 14.4. The van der Waals surface area contributed by atoms with Gasteiger partial charge in [-0.1, -0.05) is 26.0 Å². The van der Waals surface area contributed by atoms with E-state index < -0.39 is 5.60 Å². The SMILES string of the molecule is CC1(C)CC(=O)c2sc(N3CCOCC3)c(-c3ccnc(-c4cccc(NC5CCN(C(=O)OC(C)(C)C)C5)c4)c3)c2C1. The van der Waals surface area contributed by atoms with Gasteiger partial charge in [-0.05, 0) is 74.4 Å². The van der Waals surface area contributed by atoms with Crippen molar-refractivity contribution in [2.75, 3.05) is 49.6 Å². The normalized spacial score (nSPS) is 20.2. The molecule has 1 atom stereocenters. The lowest BCUT2D eigenvalue weighted by Crippen LogP contribution is -2.36. The summed E-state index contributed by atoms with van der Waals surface area (Å²) in [5.74, 6) is 0.252. The fraction of sp³-hybridized carbons (Fsp3) is 0.500. The van der Waals surface area contributed by atoms with Crippen molar-refractivity contribution in [1.29, 1.82) is 0 Å². The van der Waals surface area contributed by atoms with Crippen molar-refractivity contribution in [3.8, 4) is 22.4 Å². The van der Waals surface area contributed by atoms with Gasteiger partial charge in [0.1, 0.15) is 5.60 Å². The molecule has 2 aromatic heterocycles. The lowest BCUT2D eigenvalue weighted by atomic mass is 9.75. The number of benzene rings is 1. The standard InChI is InChI=1S/C34H42N4O4S/c1-33(2,3)42-32(40)38-12-10-25(21-38)36-24-8-6-7-22(17-24)27-18-23(9-11-35-27)29-26-19-34(4,5)20-28(39)30(26)43-31(29)37-13-15-41-16-14-37/h6-9,11,17-18,25,36H,10,12-16,19-21H2,1-5H3. The highest BCUT2D eigenvalue weighted by Crippen LogP contribution is 2.49. The number of pyridine rings is 1. The second-order valence-electron chi connectivity index (χ2n) is 13.7. The second kappa shape index (κ2) is 11.6. The van der Waals surface area contributed by atoms with Crippen molar-refractivity contribution in [3.63, 3.8) is 0 Å². The third-order valence-electron chi connectivity index (χ3n) is 8.25. The largest absolute Gasteiger partial charge is 0.444 e. The molecular weight excluding hydrogens is 560 g/mol. The summed E-state index contributed by atoms with van der Waals surface area (Å²) in [6, 6.07) is 12.7. The van der Waals surface area contributed by atoms with Crippen LogP contribution in [0, 0.1) is 5.41 Å². The van der Waals surface area contributed by atoms with Crippen molar-refractivity contribution in [2.24, 2.45) is 5.41 Å². The van der Waals surface area contributed by atoms with E-state index in [0.717, 1.165) is 53.3 Å². The van der Waals surface area contributed by atoms with E-state index in [2.05, 4.69) is 54.4 Å². The number of nitrogens with zero attached hydrogens (tertiary/aromatic N) is 3. The van der Waals surface area contributed by atoms with Gasteiger partial charge in [0.15, 0.2) is 5.78 Å². The predicted molar refractivity (Wildman–Crippen MR) is 172 cm³/mol. The fourth-order valence-corrected chi connectivity index (χ4v) is 7.64. The number of amides is 1. The number of thiophene rings is 1. The number of fused-ring (bicyclic) bond motifs is 1. The summed E-state index contributed by atoms with van der Waals surface area (Å²) < 4.78 is 11.2. The average Bonchev–Trinajstić information content (AvgIpc) is 3.57. The Morgan fingerprint density at radius 3 is 2.65 bits per heavy atom. The monoisotopic (exact) mass is 602 g/mol. The van der Waals surface area contributed by atoms with E-state index in [1.54, 1.807) is 16.2 Å². The lowest BCUT2D eigenvalue weighted by Gasteiger charge is -2.30. The highest BCUT2D eigenvalue weighted by molar-refractivity contribution is 7.19. The van der Waals surface area contributed by atoms with Crippen LogP contribution in [-0.4, -0.2) is 72.8 Å². The number of carbonyl (C=O) groups excluding carboxylic acids is 2. The lowest BCUT2D eigenvalue weighted by molar-refractivity contribution is 0.0293. The molecule has 1 N–H and O–H groups in total. The van der Waals surface area contributed by atoms with E-state index in [0.29, 0.717) is 32.7 Å². The molecule has 0 spiro atoms. The number of hydrogen-bond acceptors (Lipinski definition) is 8. The maximum atomic E-state index is 13.3. The van der Waals surface area contributed by atoms with Crippen LogP contribution >= 0.6 is 11.3 Å². The minimum atomic E-state index is -0.504. The Kier molecular flexibility index (Phi) is 7.98. The number of anilines is 2. The minimum Gasteiger partial charge on any atom is -0.444 e. The highest BCUT2D eigenvalue weighted by atomic mass is 32.1. The zero-order chi connectivity index (χ0) is 30.4. The molecule has 0 saturated carbocycles. The molecule has 1 amide bonds. The Balaban J connectivity index is 1.27. The average molecular weight is 603 g/mol. The number of aromatic nitrogens is 1. The molecule has 2 aliphatic heterocycles. The molecule has 8 nitrogen and oxygen atoms in total. The summed E-state index contributed by atoms with van der Waals surface area (Å²) in [5.41, 5.74) is 5.77. The molecule has 1 unspecified atom stereocenters. The number of likely N-dealkylation sites (tertiary alicyclic amines) is 1. The smallest absolute Gasteiger partial charge is 0.410 e. The highest BCUT2D eigenvalue weighted by Gasteiger charge is 2.37. The fourth-order valence-electron chi connectivity index (χ4n) is 6.31. The second-order valence-corrected chi connectivity index (χ2v) is 14.7. The number of rotatable bonds is 5. The molecule has 228 valence electrons. The number of ether oxygens (including phenoxy) is 2. The van der Waals surface area contributed by atoms with Crippen LogP contribution in [0.1, 0.15) is 62.7 Å². The summed E-state index contributed by atoms with van der Waals surface area (Å²) in [4.78, 5) is 35.7. The van der Waals surface area contributed by atoms with Crippen LogP contribution in [0.4, 0.5) is 15.5 Å². The number of Topliss-reactive ketones (excluding diaryl/α,β-unsaturated/α-hetero) is 1. The van der Waals surface area contributed by atoms with Gasteiger partial charge in [0.2, 0.25) is 0 Å². The van der Waals surface area contributed by atoms with Gasteiger partial charge >= 0.3 is 6.09 Å². The Labute approximate surface area is 258 Å². The van der Waals surface area contributed by atoms with Gasteiger partial charge in [-0.25, -0.2) is 4.79 Å². The third kappa shape index (κ3) is 6.58. The zero-order valence-corrected chi connectivity index (χ0v) is 26.7. The van der Waals surface area contributed by atoms with Crippen molar-refractivity contribution < 1.29 is 19.1 Å². The van der Waals surface area contributed by atoms with Gasteiger partial charge in [0, 0.05) is 61.7 Å². The maximum absolute atomic E-state index is 13.3. The minimum absolute atomic E-state index is 0.0721. The van der Waals surface area contributed by atoms with E-state index in [1.165, 1.54) is 16.1 Å². The number of ketones is 1. The maximum Gasteiger partial charge on any atom is 0.410 e. The summed E-state index contributed by atoms with van der Waals surface area (Å²) in [6.07, 6.45) is 3.94. The first kappa shape index (κ1) is 29.6. The number of morpholine rings is 1. The zero-order valence-electron chi connectivity index (χ0n) is 25.9. The first-order valence-corrected chi connectivity index (χ1v) is 16.1. The Bertz CT molecular complexity index is 1520. The van der Waals surface area contributed by atoms with Crippen molar-refractivity contribution >= 4 is 33.9 Å². The molecule has 9 heteroatoms. The molecule has 43 heavy (non-hydrogen) atoms. The van der Waals surface area contributed by atoms with Gasteiger partial charge in [-0.2, -0.15) is 0 Å². The number of hydrogen-bond donors (Lipinski definition) is 1. The van der Waals surface area contributed by atoms with Gasteiger partial charge in [0.05, 0.1) is 28.8 Å². The van der Waals surface area contributed by atoms with Crippen LogP contribution in [-0.2, 0) is 15.9 Å². The van der Waals surface area contributed by atoms with E-state index in [1.807, 2.05) is 33.0 Å². The van der Waals surface area contributed by atoms with E-state index in [9.17, 15) is 9.59 Å². The molecule has 2 fully saturated rings. The Morgan fingerprint density at radius 2 is 1.88 bits per heavy atom. The molecule has 3 aromatic rings. The molecule has 2 saturated heterocycles. The Hall–Kier alpha value is -3.43. The first-order valence-electron chi connectivity index (χ1n) is 15.3. The van der Waals surface area contributed by atoms with Crippen LogP contribution in [0.25, 0.3) is 22.4 Å². The van der Waals surface area contributed by atoms with Crippen molar-refractivity contribution in [1.82, 2.24) is 9.88 Å². The summed E-state index contributed by atoms with van der Waals surface area (Å²) >= 11 is 1.65. The molecule has 0 bridgehead atoms. The third-order valence-corrected chi connectivity index (χ3v) is 9.59. The van der Waals surface area contributed by atoms with Crippen LogP contribution in [0.3, 0.4) is 0 Å². The van der Waals surface area contributed by atoms with Crippen LogP contribution in [0.2, 0.25) is 0 Å². The van der Waals surface area contributed by atoms with Crippen LogP contribution < -0.4 is 10.2 Å². The summed E-state index contributed by atoms with van der Waals surface area (Å²) in [5, 5.41) is 4.79.